The van der Waals surface area contributed by atoms with Crippen LogP contribution in [-0.4, -0.2) is 34.8 Å². The van der Waals surface area contributed by atoms with E-state index >= 15 is 0 Å². The first-order valence-electron chi connectivity index (χ1n) is 8.00. The molecule has 1 aromatic heterocycles. The number of hydrogen-bond acceptors (Lipinski definition) is 3. The first kappa shape index (κ1) is 17.2. The minimum atomic E-state index is -0.416. The minimum Gasteiger partial charge on any atom is -0.355 e. The number of H-pyrrole nitrogens is 1. The number of carbonyl (C=O) groups is 2. The van der Waals surface area contributed by atoms with Crippen molar-refractivity contribution in [2.24, 2.45) is 0 Å². The van der Waals surface area contributed by atoms with E-state index in [2.05, 4.69) is 10.3 Å². The van der Waals surface area contributed by atoms with Crippen molar-refractivity contribution >= 4 is 23.4 Å². The Morgan fingerprint density at radius 2 is 1.92 bits per heavy atom. The van der Waals surface area contributed by atoms with Crippen LogP contribution in [-0.2, 0) is 6.54 Å². The molecule has 2 amide bonds. The second-order valence-corrected chi connectivity index (χ2v) is 6.41. The molecule has 0 saturated heterocycles. The van der Waals surface area contributed by atoms with E-state index in [0.29, 0.717) is 17.7 Å². The van der Waals surface area contributed by atoms with Crippen LogP contribution in [0.4, 0.5) is 0 Å². The van der Waals surface area contributed by atoms with Gasteiger partial charge in [0, 0.05) is 31.4 Å². The first-order valence-corrected chi connectivity index (χ1v) is 8.37. The van der Waals surface area contributed by atoms with Crippen LogP contribution in [0.2, 0.25) is 5.02 Å². The summed E-state index contributed by atoms with van der Waals surface area (Å²) in [5.74, 6) is -0.319. The van der Waals surface area contributed by atoms with Gasteiger partial charge in [-0.1, -0.05) is 23.7 Å². The number of nitrogens with zero attached hydrogens (tertiary/aromatic N) is 1. The zero-order valence-electron chi connectivity index (χ0n) is 13.7. The number of aromatic nitrogens is 1. The number of pyridine rings is 1. The highest BCUT2D eigenvalue weighted by Crippen LogP contribution is 2.30. The van der Waals surface area contributed by atoms with E-state index in [9.17, 15) is 14.4 Å². The summed E-state index contributed by atoms with van der Waals surface area (Å²) < 4.78 is 0. The second-order valence-electron chi connectivity index (χ2n) is 6.01. The maximum atomic E-state index is 12.8. The monoisotopic (exact) mass is 359 g/mol. The van der Waals surface area contributed by atoms with Gasteiger partial charge < -0.3 is 15.2 Å². The van der Waals surface area contributed by atoms with Gasteiger partial charge in [0.25, 0.3) is 17.4 Å². The molecule has 0 aliphatic heterocycles. The lowest BCUT2D eigenvalue weighted by molar-refractivity contribution is 0.0729. The molecule has 1 aliphatic carbocycles. The lowest BCUT2D eigenvalue weighted by Gasteiger charge is -2.22. The molecule has 0 unspecified atom stereocenters. The molecule has 3 rings (SSSR count). The Balaban J connectivity index is 1.79. The Morgan fingerprint density at radius 3 is 2.48 bits per heavy atom. The molecule has 1 aliphatic rings. The molecule has 0 spiro atoms. The van der Waals surface area contributed by atoms with E-state index in [1.807, 2.05) is 12.1 Å². The molecule has 0 bridgehead atoms. The Labute approximate surface area is 149 Å². The van der Waals surface area contributed by atoms with Crippen LogP contribution >= 0.6 is 11.6 Å². The molecule has 6 nitrogen and oxygen atoms in total. The summed E-state index contributed by atoms with van der Waals surface area (Å²) in [6.07, 6.45) is 3.30. The highest BCUT2D eigenvalue weighted by atomic mass is 35.5. The summed E-state index contributed by atoms with van der Waals surface area (Å²) in [5, 5.41) is 2.57. The van der Waals surface area contributed by atoms with Gasteiger partial charge in [-0.15, -0.1) is 0 Å². The third-order valence-electron chi connectivity index (χ3n) is 4.15. The zero-order chi connectivity index (χ0) is 18.0. The Kier molecular flexibility index (Phi) is 4.90. The summed E-state index contributed by atoms with van der Waals surface area (Å²) in [7, 11) is 1.58. The number of rotatable bonds is 5. The average molecular weight is 360 g/mol. The topological polar surface area (TPSA) is 82.3 Å². The first-order chi connectivity index (χ1) is 12.0. The van der Waals surface area contributed by atoms with Crippen molar-refractivity contribution < 1.29 is 9.59 Å². The van der Waals surface area contributed by atoms with Gasteiger partial charge in [-0.25, -0.2) is 0 Å². The Bertz CT molecular complexity index is 857. The third kappa shape index (κ3) is 3.91. The Morgan fingerprint density at radius 1 is 1.24 bits per heavy atom. The van der Waals surface area contributed by atoms with Gasteiger partial charge in [0.05, 0.1) is 5.56 Å². The van der Waals surface area contributed by atoms with E-state index in [4.69, 9.17) is 11.6 Å². The molecule has 1 saturated carbocycles. The lowest BCUT2D eigenvalue weighted by Crippen LogP contribution is -2.33. The predicted octanol–water partition coefficient (Wildman–Crippen LogP) is 2.19. The maximum absolute atomic E-state index is 12.8. The van der Waals surface area contributed by atoms with E-state index in [0.717, 1.165) is 18.4 Å². The Hall–Kier alpha value is -2.60. The van der Waals surface area contributed by atoms with E-state index in [1.165, 1.54) is 12.3 Å². The highest BCUT2D eigenvalue weighted by molar-refractivity contribution is 6.30. The summed E-state index contributed by atoms with van der Waals surface area (Å²) in [5.41, 5.74) is 1.45. The molecule has 0 radical (unpaired) electrons. The SMILES string of the molecule is CNC(=O)c1ccc(CN(C(=O)c2c[nH]c(=O)c(Cl)c2)C2CC2)cc1. The fourth-order valence-corrected chi connectivity index (χ4v) is 2.77. The number of nitrogens with one attached hydrogen (secondary N) is 2. The number of benzene rings is 1. The second kappa shape index (κ2) is 7.11. The molecule has 1 heterocycles. The molecule has 2 aromatic rings. The van der Waals surface area contributed by atoms with Crippen molar-refractivity contribution in [2.45, 2.75) is 25.4 Å². The number of hydrogen-bond donors (Lipinski definition) is 2. The van der Waals surface area contributed by atoms with Crippen LogP contribution in [0.3, 0.4) is 0 Å². The van der Waals surface area contributed by atoms with Crippen molar-refractivity contribution in [3.63, 3.8) is 0 Å². The summed E-state index contributed by atoms with van der Waals surface area (Å²) in [6, 6.07) is 8.74. The van der Waals surface area contributed by atoms with Crippen molar-refractivity contribution in [1.29, 1.82) is 0 Å². The van der Waals surface area contributed by atoms with Crippen LogP contribution in [0, 0.1) is 0 Å². The fourth-order valence-electron chi connectivity index (χ4n) is 2.60. The summed E-state index contributed by atoms with van der Waals surface area (Å²) in [4.78, 5) is 40.0. The fraction of sp³-hybridized carbons (Fsp3) is 0.278. The van der Waals surface area contributed by atoms with Gasteiger partial charge in [-0.2, -0.15) is 0 Å². The smallest absolute Gasteiger partial charge is 0.266 e. The molecular formula is C18H18ClN3O3. The summed E-state index contributed by atoms with van der Waals surface area (Å²) in [6.45, 7) is 0.439. The van der Waals surface area contributed by atoms with Crippen molar-refractivity contribution in [2.75, 3.05) is 7.05 Å². The van der Waals surface area contributed by atoms with Crippen LogP contribution in [0.5, 0.6) is 0 Å². The number of halogens is 1. The van der Waals surface area contributed by atoms with Gasteiger partial charge >= 0.3 is 0 Å². The van der Waals surface area contributed by atoms with Gasteiger partial charge in [-0.05, 0) is 36.6 Å². The molecule has 2 N–H and O–H groups in total. The third-order valence-corrected chi connectivity index (χ3v) is 4.43. The van der Waals surface area contributed by atoms with Crippen LogP contribution in [0.25, 0.3) is 0 Å². The van der Waals surface area contributed by atoms with Crippen molar-refractivity contribution in [3.05, 3.63) is 68.6 Å². The van der Waals surface area contributed by atoms with E-state index < -0.39 is 5.56 Å². The maximum Gasteiger partial charge on any atom is 0.266 e. The number of aromatic amines is 1. The van der Waals surface area contributed by atoms with Crippen LogP contribution < -0.4 is 10.9 Å². The van der Waals surface area contributed by atoms with E-state index in [1.54, 1.807) is 24.1 Å². The zero-order valence-corrected chi connectivity index (χ0v) is 14.5. The molecular weight excluding hydrogens is 342 g/mol. The van der Waals surface area contributed by atoms with Crippen molar-refractivity contribution in [3.8, 4) is 0 Å². The van der Waals surface area contributed by atoms with Gasteiger partial charge in [0.1, 0.15) is 5.02 Å². The molecule has 1 aromatic carbocycles. The highest BCUT2D eigenvalue weighted by Gasteiger charge is 2.33. The standard InChI is InChI=1S/C18H18ClN3O3/c1-20-16(23)12-4-2-11(3-5-12)10-22(14-6-7-14)18(25)13-8-15(19)17(24)21-9-13/h2-5,8-9,14H,6-7,10H2,1H3,(H,20,23)(H,21,24). The van der Waals surface area contributed by atoms with E-state index in [-0.39, 0.29) is 22.9 Å². The average Bonchev–Trinajstić information content (AvgIpc) is 3.46. The van der Waals surface area contributed by atoms with Gasteiger partial charge in [0.15, 0.2) is 0 Å². The predicted molar refractivity (Wildman–Crippen MR) is 94.8 cm³/mol. The molecule has 1 fully saturated rings. The number of amides is 2. The van der Waals surface area contributed by atoms with Crippen molar-refractivity contribution in [1.82, 2.24) is 15.2 Å². The normalized spacial score (nSPS) is 13.4. The quantitative estimate of drug-likeness (QED) is 0.858. The van der Waals surface area contributed by atoms with Gasteiger partial charge in [0.2, 0.25) is 0 Å². The van der Waals surface area contributed by atoms with Crippen LogP contribution in [0.15, 0.2) is 41.3 Å². The summed E-state index contributed by atoms with van der Waals surface area (Å²) >= 11 is 5.83. The van der Waals surface area contributed by atoms with Gasteiger partial charge in [-0.3, -0.25) is 14.4 Å². The lowest BCUT2D eigenvalue weighted by atomic mass is 10.1. The largest absolute Gasteiger partial charge is 0.355 e. The number of carbonyl (C=O) groups excluding carboxylic acids is 2. The molecule has 7 heteroatoms. The van der Waals surface area contributed by atoms with Crippen LogP contribution in [0.1, 0.15) is 39.1 Å². The molecule has 130 valence electrons. The molecule has 0 atom stereocenters. The molecule has 25 heavy (non-hydrogen) atoms. The minimum absolute atomic E-state index is 0.00321.